The van der Waals surface area contributed by atoms with Crippen molar-refractivity contribution in [1.29, 1.82) is 0 Å². The van der Waals surface area contributed by atoms with Crippen LogP contribution < -0.4 is 23.8 Å². The molecule has 1 amide bonds. The number of carbonyl (C=O) groups excluding carboxylic acids is 1. The Hall–Kier alpha value is -3.79. The second kappa shape index (κ2) is 10.2. The Morgan fingerprint density at radius 3 is 2.43 bits per heavy atom. The summed E-state index contributed by atoms with van der Waals surface area (Å²) in [6.07, 6.45) is 0.000954. The predicted octanol–water partition coefficient (Wildman–Crippen LogP) is 4.22. The van der Waals surface area contributed by atoms with Gasteiger partial charge in [0, 0.05) is 11.8 Å². The molecular weight excluding hydrogens is 475 g/mol. The highest BCUT2D eigenvalue weighted by Crippen LogP contribution is 2.34. The fourth-order valence-electron chi connectivity index (χ4n) is 3.48. The summed E-state index contributed by atoms with van der Waals surface area (Å²) in [5, 5.41) is 2.67. The summed E-state index contributed by atoms with van der Waals surface area (Å²) in [5.74, 6) is 0.110. The Morgan fingerprint density at radius 2 is 1.74 bits per heavy atom. The van der Waals surface area contributed by atoms with Gasteiger partial charge in [-0.25, -0.2) is 12.8 Å². The van der Waals surface area contributed by atoms with Crippen LogP contribution in [0.3, 0.4) is 0 Å². The highest BCUT2D eigenvalue weighted by Gasteiger charge is 2.29. The van der Waals surface area contributed by atoms with Gasteiger partial charge in [-0.15, -0.1) is 0 Å². The number of nitrogens with one attached hydrogen (secondary N) is 1. The summed E-state index contributed by atoms with van der Waals surface area (Å²) in [6, 6.07) is 15.9. The molecule has 1 aliphatic rings. The molecule has 1 N–H and O–H groups in total. The van der Waals surface area contributed by atoms with Gasteiger partial charge < -0.3 is 19.5 Å². The Bertz CT molecular complexity index is 1310. The molecule has 0 unspecified atom stereocenters. The van der Waals surface area contributed by atoms with Gasteiger partial charge in [-0.05, 0) is 68.4 Å². The van der Waals surface area contributed by atoms with Crippen LogP contribution in [0.5, 0.6) is 17.2 Å². The van der Waals surface area contributed by atoms with Crippen LogP contribution in [0, 0.1) is 5.82 Å². The molecule has 4 rings (SSSR count). The first-order chi connectivity index (χ1) is 16.7. The van der Waals surface area contributed by atoms with Gasteiger partial charge in [0.05, 0.1) is 16.7 Å². The normalized spacial score (nSPS) is 12.8. The quantitative estimate of drug-likeness (QED) is 0.498. The van der Waals surface area contributed by atoms with Crippen molar-refractivity contribution >= 4 is 27.3 Å². The van der Waals surface area contributed by atoms with Crippen LogP contribution in [0.25, 0.3) is 0 Å². The van der Waals surface area contributed by atoms with Crippen molar-refractivity contribution < 1.29 is 31.8 Å². The second-order valence-corrected chi connectivity index (χ2v) is 9.90. The number of ether oxygens (including phenoxy) is 3. The van der Waals surface area contributed by atoms with E-state index in [0.29, 0.717) is 23.8 Å². The molecule has 0 radical (unpaired) electrons. The van der Waals surface area contributed by atoms with E-state index in [0.717, 1.165) is 10.4 Å². The molecule has 10 heteroatoms. The third-order valence-corrected chi connectivity index (χ3v) is 6.76. The van der Waals surface area contributed by atoms with Crippen LogP contribution in [-0.4, -0.2) is 40.2 Å². The second-order valence-electron chi connectivity index (χ2n) is 8.04. The van der Waals surface area contributed by atoms with Crippen molar-refractivity contribution in [3.63, 3.8) is 0 Å². The lowest BCUT2D eigenvalue weighted by Gasteiger charge is -2.25. The molecule has 0 aromatic heterocycles. The van der Waals surface area contributed by atoms with Gasteiger partial charge >= 0.3 is 0 Å². The Kier molecular flexibility index (Phi) is 7.11. The topological polar surface area (TPSA) is 94.2 Å². The maximum Gasteiger partial charge on any atom is 0.264 e. The number of hydrogen-bond acceptors (Lipinski definition) is 6. The van der Waals surface area contributed by atoms with Gasteiger partial charge in [0.15, 0.2) is 11.5 Å². The third kappa shape index (κ3) is 5.83. The van der Waals surface area contributed by atoms with E-state index in [-0.39, 0.29) is 29.0 Å². The SMILES string of the molecule is CC(C)Oc1ccc(NC(=O)CN(c2cccc(F)c2)S(=O)(=O)c2ccc3c(c2)OCCO3)cc1. The van der Waals surface area contributed by atoms with E-state index in [1.54, 1.807) is 24.3 Å². The molecule has 0 bridgehead atoms. The first-order valence-corrected chi connectivity index (χ1v) is 12.4. The molecule has 1 heterocycles. The number of fused-ring (bicyclic) bond motifs is 1. The molecule has 0 atom stereocenters. The molecule has 0 saturated carbocycles. The zero-order valence-corrected chi connectivity index (χ0v) is 20.0. The number of carbonyl (C=O) groups is 1. The van der Waals surface area contributed by atoms with Crippen LogP contribution in [0.1, 0.15) is 13.8 Å². The predicted molar refractivity (Wildman–Crippen MR) is 129 cm³/mol. The number of nitrogens with zero attached hydrogens (tertiary/aromatic N) is 1. The summed E-state index contributed by atoms with van der Waals surface area (Å²) in [7, 11) is -4.26. The van der Waals surface area contributed by atoms with Gasteiger partial charge in [0.1, 0.15) is 31.3 Å². The fourth-order valence-corrected chi connectivity index (χ4v) is 4.91. The Balaban J connectivity index is 1.60. The molecule has 0 spiro atoms. The summed E-state index contributed by atoms with van der Waals surface area (Å²) >= 11 is 0. The first-order valence-electron chi connectivity index (χ1n) is 11.0. The minimum absolute atomic E-state index is 0.000954. The summed E-state index contributed by atoms with van der Waals surface area (Å²) < 4.78 is 58.5. The number of anilines is 2. The fraction of sp³-hybridized carbons (Fsp3) is 0.240. The zero-order valence-electron chi connectivity index (χ0n) is 19.2. The average Bonchev–Trinajstić information content (AvgIpc) is 2.83. The van der Waals surface area contributed by atoms with Gasteiger partial charge in [-0.2, -0.15) is 0 Å². The molecule has 35 heavy (non-hydrogen) atoms. The molecule has 1 aliphatic heterocycles. The maximum absolute atomic E-state index is 14.0. The van der Waals surface area contributed by atoms with E-state index < -0.39 is 28.3 Å². The van der Waals surface area contributed by atoms with E-state index in [4.69, 9.17) is 14.2 Å². The van der Waals surface area contributed by atoms with E-state index in [1.807, 2.05) is 13.8 Å². The minimum Gasteiger partial charge on any atom is -0.491 e. The summed E-state index contributed by atoms with van der Waals surface area (Å²) in [5.41, 5.74) is 0.470. The van der Waals surface area contributed by atoms with Crippen molar-refractivity contribution in [3.05, 3.63) is 72.5 Å². The largest absolute Gasteiger partial charge is 0.491 e. The molecule has 184 valence electrons. The summed E-state index contributed by atoms with van der Waals surface area (Å²) in [6.45, 7) is 3.87. The number of benzene rings is 3. The molecular formula is C25H25FN2O6S. The lowest BCUT2D eigenvalue weighted by Crippen LogP contribution is -2.38. The van der Waals surface area contributed by atoms with Gasteiger partial charge in [-0.3, -0.25) is 9.10 Å². The van der Waals surface area contributed by atoms with Gasteiger partial charge in [0.2, 0.25) is 5.91 Å². The highest BCUT2D eigenvalue weighted by atomic mass is 32.2. The highest BCUT2D eigenvalue weighted by molar-refractivity contribution is 7.92. The van der Waals surface area contributed by atoms with Crippen LogP contribution in [0.2, 0.25) is 0 Å². The van der Waals surface area contributed by atoms with Crippen molar-refractivity contribution in [2.45, 2.75) is 24.8 Å². The number of hydrogen-bond donors (Lipinski definition) is 1. The summed E-state index contributed by atoms with van der Waals surface area (Å²) in [4.78, 5) is 12.8. The molecule has 0 aliphatic carbocycles. The van der Waals surface area contributed by atoms with Crippen LogP contribution in [0.4, 0.5) is 15.8 Å². The molecule has 3 aromatic rings. The molecule has 8 nitrogen and oxygen atoms in total. The van der Waals surface area contributed by atoms with Crippen molar-refractivity contribution in [1.82, 2.24) is 0 Å². The molecule has 0 saturated heterocycles. The van der Waals surface area contributed by atoms with E-state index in [2.05, 4.69) is 5.32 Å². The standard InChI is InChI=1S/C25H25FN2O6S/c1-17(2)34-21-8-6-19(7-9-21)27-25(29)16-28(20-5-3-4-18(26)14-20)35(30,31)22-10-11-23-24(15-22)33-13-12-32-23/h3-11,14-15,17H,12-13,16H2,1-2H3,(H,27,29). The molecule has 0 fully saturated rings. The zero-order chi connectivity index (χ0) is 25.0. The smallest absolute Gasteiger partial charge is 0.264 e. The van der Waals surface area contributed by atoms with Crippen LogP contribution in [-0.2, 0) is 14.8 Å². The van der Waals surface area contributed by atoms with Gasteiger partial charge in [0.25, 0.3) is 10.0 Å². The van der Waals surface area contributed by atoms with Crippen LogP contribution in [0.15, 0.2) is 71.6 Å². The molecule has 3 aromatic carbocycles. The Labute approximate surface area is 203 Å². The first kappa shape index (κ1) is 24.3. The van der Waals surface area contributed by atoms with E-state index >= 15 is 0 Å². The van der Waals surface area contributed by atoms with Gasteiger partial charge in [-0.1, -0.05) is 6.07 Å². The van der Waals surface area contributed by atoms with Crippen molar-refractivity contribution in [2.75, 3.05) is 29.4 Å². The third-order valence-electron chi connectivity index (χ3n) is 4.99. The maximum atomic E-state index is 14.0. The van der Waals surface area contributed by atoms with E-state index in [9.17, 15) is 17.6 Å². The van der Waals surface area contributed by atoms with Crippen LogP contribution >= 0.6 is 0 Å². The average molecular weight is 501 g/mol. The van der Waals surface area contributed by atoms with E-state index in [1.165, 1.54) is 36.4 Å². The van der Waals surface area contributed by atoms with Crippen molar-refractivity contribution in [2.24, 2.45) is 0 Å². The lowest BCUT2D eigenvalue weighted by molar-refractivity contribution is -0.114. The lowest BCUT2D eigenvalue weighted by atomic mass is 10.3. The van der Waals surface area contributed by atoms with Crippen molar-refractivity contribution in [3.8, 4) is 17.2 Å². The monoisotopic (exact) mass is 500 g/mol. The Morgan fingerprint density at radius 1 is 1.03 bits per heavy atom. The minimum atomic E-state index is -4.26. The number of rotatable bonds is 8. The number of halogens is 1. The number of sulfonamides is 1. The number of amides is 1.